The van der Waals surface area contributed by atoms with Crippen LogP contribution in [0.4, 0.5) is 0 Å². The van der Waals surface area contributed by atoms with Crippen LogP contribution in [0.5, 0.6) is 0 Å². The second-order valence-corrected chi connectivity index (χ2v) is 10.1. The number of amides is 1. The Bertz CT molecular complexity index is 833. The van der Waals surface area contributed by atoms with Gasteiger partial charge in [-0.2, -0.15) is 4.31 Å². The van der Waals surface area contributed by atoms with E-state index in [4.69, 9.17) is 4.52 Å². The highest BCUT2D eigenvalue weighted by molar-refractivity contribution is 7.89. The fourth-order valence-corrected chi connectivity index (χ4v) is 5.79. The highest BCUT2D eigenvalue weighted by Crippen LogP contribution is 2.29. The maximum absolute atomic E-state index is 13.2. The number of sulfonamides is 1. The standard InChI is InChI=1S/C20H32N4O4S/c1-15-19(18(28-22-15)11-12-23(2)3)29(26,27)24-13-9-16(10-14-24)20(25)21-17-7-5-4-6-8-17/h11-12,16-17H,4-10,13-14H2,1-3H3,(H,21,25). The van der Waals surface area contributed by atoms with Crippen molar-refractivity contribution >= 4 is 22.0 Å². The molecule has 2 aliphatic rings. The molecule has 29 heavy (non-hydrogen) atoms. The molecule has 1 saturated carbocycles. The van der Waals surface area contributed by atoms with Gasteiger partial charge in [-0.05, 0) is 32.6 Å². The van der Waals surface area contributed by atoms with Gasteiger partial charge in [-0.3, -0.25) is 4.79 Å². The van der Waals surface area contributed by atoms with E-state index in [1.165, 1.54) is 23.6 Å². The molecule has 0 aromatic carbocycles. The van der Waals surface area contributed by atoms with Gasteiger partial charge >= 0.3 is 0 Å². The Labute approximate surface area is 173 Å². The normalized spacial score (nSPS) is 20.2. The van der Waals surface area contributed by atoms with Gasteiger partial charge in [0.1, 0.15) is 5.69 Å². The summed E-state index contributed by atoms with van der Waals surface area (Å²) >= 11 is 0. The lowest BCUT2D eigenvalue weighted by Gasteiger charge is -2.32. The molecule has 1 aliphatic carbocycles. The topological polar surface area (TPSA) is 95.8 Å². The second kappa shape index (κ2) is 9.30. The SMILES string of the molecule is Cc1noc(C=CN(C)C)c1S(=O)(=O)N1CCC(C(=O)NC2CCCCC2)CC1. The van der Waals surface area contributed by atoms with Gasteiger partial charge in [0, 0.05) is 51.4 Å². The summed E-state index contributed by atoms with van der Waals surface area (Å²) in [6.45, 7) is 2.28. The van der Waals surface area contributed by atoms with Crippen molar-refractivity contribution in [1.29, 1.82) is 0 Å². The van der Waals surface area contributed by atoms with Gasteiger partial charge in [0.15, 0.2) is 10.7 Å². The first-order chi connectivity index (χ1) is 13.8. The van der Waals surface area contributed by atoms with Gasteiger partial charge in [-0.25, -0.2) is 8.42 Å². The van der Waals surface area contributed by atoms with Gasteiger partial charge in [-0.15, -0.1) is 0 Å². The van der Waals surface area contributed by atoms with Crippen LogP contribution in [0, 0.1) is 12.8 Å². The number of nitrogens with zero attached hydrogens (tertiary/aromatic N) is 3. The molecule has 1 saturated heterocycles. The summed E-state index contributed by atoms with van der Waals surface area (Å²) < 4.78 is 33.1. The number of carbonyl (C=O) groups is 1. The first kappa shape index (κ1) is 21.8. The van der Waals surface area contributed by atoms with Crippen molar-refractivity contribution in [2.75, 3.05) is 27.2 Å². The molecule has 8 nitrogen and oxygen atoms in total. The monoisotopic (exact) mass is 424 g/mol. The Hall–Kier alpha value is -1.87. The summed E-state index contributed by atoms with van der Waals surface area (Å²) in [4.78, 5) is 14.5. The third-order valence-corrected chi connectivity index (χ3v) is 7.79. The molecule has 0 atom stereocenters. The van der Waals surface area contributed by atoms with Crippen molar-refractivity contribution in [2.24, 2.45) is 5.92 Å². The number of aryl methyl sites for hydroxylation is 1. The predicted molar refractivity (Wildman–Crippen MR) is 110 cm³/mol. The average molecular weight is 425 g/mol. The zero-order valence-corrected chi connectivity index (χ0v) is 18.4. The molecule has 1 N–H and O–H groups in total. The number of hydrogen-bond acceptors (Lipinski definition) is 6. The minimum absolute atomic E-state index is 0.0738. The summed E-state index contributed by atoms with van der Waals surface area (Å²) in [7, 11) is -0.0401. The van der Waals surface area contributed by atoms with Crippen molar-refractivity contribution < 1.29 is 17.7 Å². The number of aromatic nitrogens is 1. The van der Waals surface area contributed by atoms with Crippen molar-refractivity contribution in [3.05, 3.63) is 17.7 Å². The van der Waals surface area contributed by atoms with Crippen molar-refractivity contribution in [3.63, 3.8) is 0 Å². The van der Waals surface area contributed by atoms with Crippen molar-refractivity contribution in [3.8, 4) is 0 Å². The van der Waals surface area contributed by atoms with E-state index in [9.17, 15) is 13.2 Å². The van der Waals surface area contributed by atoms with Crippen LogP contribution in [0.3, 0.4) is 0 Å². The lowest BCUT2D eigenvalue weighted by atomic mass is 9.93. The second-order valence-electron chi connectivity index (χ2n) is 8.26. The average Bonchev–Trinajstić information content (AvgIpc) is 3.08. The van der Waals surface area contributed by atoms with Gasteiger partial charge in [0.2, 0.25) is 15.9 Å². The molecule has 0 spiro atoms. The van der Waals surface area contributed by atoms with Crippen molar-refractivity contribution in [2.45, 2.75) is 62.8 Å². The van der Waals surface area contributed by atoms with Crippen LogP contribution < -0.4 is 5.32 Å². The Morgan fingerprint density at radius 1 is 1.17 bits per heavy atom. The molecule has 1 aliphatic heterocycles. The molecule has 0 bridgehead atoms. The number of nitrogens with one attached hydrogen (secondary N) is 1. The first-order valence-corrected chi connectivity index (χ1v) is 11.8. The third kappa shape index (κ3) is 5.19. The largest absolute Gasteiger partial charge is 0.383 e. The highest BCUT2D eigenvalue weighted by atomic mass is 32.2. The zero-order valence-electron chi connectivity index (χ0n) is 17.6. The first-order valence-electron chi connectivity index (χ1n) is 10.4. The Morgan fingerprint density at radius 2 is 1.83 bits per heavy atom. The maximum Gasteiger partial charge on any atom is 0.248 e. The van der Waals surface area contributed by atoms with E-state index in [2.05, 4.69) is 10.5 Å². The lowest BCUT2D eigenvalue weighted by Crippen LogP contribution is -2.45. The van der Waals surface area contributed by atoms with Crippen LogP contribution in [-0.4, -0.2) is 61.9 Å². The Kier molecular flexibility index (Phi) is 7.00. The van der Waals surface area contributed by atoms with Crippen LogP contribution in [0.1, 0.15) is 56.4 Å². The fourth-order valence-electron chi connectivity index (χ4n) is 4.07. The highest BCUT2D eigenvalue weighted by Gasteiger charge is 2.36. The molecule has 2 heterocycles. The van der Waals surface area contributed by atoms with Crippen molar-refractivity contribution in [1.82, 2.24) is 19.7 Å². The van der Waals surface area contributed by atoms with Crippen LogP contribution in [0.15, 0.2) is 15.6 Å². The third-order valence-electron chi connectivity index (χ3n) is 5.73. The van der Waals surface area contributed by atoms with Crippen LogP contribution in [-0.2, 0) is 14.8 Å². The summed E-state index contributed by atoms with van der Waals surface area (Å²) in [5.74, 6) is 0.179. The smallest absolute Gasteiger partial charge is 0.248 e. The van der Waals surface area contributed by atoms with E-state index in [0.29, 0.717) is 31.6 Å². The molecule has 1 aromatic heterocycles. The Balaban J connectivity index is 1.64. The van der Waals surface area contributed by atoms with Crippen LogP contribution >= 0.6 is 0 Å². The molecule has 162 valence electrons. The number of piperidine rings is 1. The molecule has 1 amide bonds. The minimum Gasteiger partial charge on any atom is -0.383 e. The van der Waals surface area contributed by atoms with Crippen LogP contribution in [0.2, 0.25) is 0 Å². The predicted octanol–water partition coefficient (Wildman–Crippen LogP) is 2.36. The summed E-state index contributed by atoms with van der Waals surface area (Å²) in [6, 6.07) is 0.281. The van der Waals surface area contributed by atoms with E-state index >= 15 is 0 Å². The lowest BCUT2D eigenvalue weighted by molar-refractivity contribution is -0.127. The molecule has 0 radical (unpaired) electrons. The fraction of sp³-hybridized carbons (Fsp3) is 0.700. The van der Waals surface area contributed by atoms with Crippen LogP contribution in [0.25, 0.3) is 6.08 Å². The molecule has 1 aromatic rings. The van der Waals surface area contributed by atoms with Gasteiger partial charge in [0.25, 0.3) is 0 Å². The van der Waals surface area contributed by atoms with Gasteiger partial charge < -0.3 is 14.7 Å². The zero-order chi connectivity index (χ0) is 21.0. The Morgan fingerprint density at radius 3 is 2.45 bits per heavy atom. The number of hydrogen-bond donors (Lipinski definition) is 1. The van der Waals surface area contributed by atoms with E-state index < -0.39 is 10.0 Å². The number of carbonyl (C=O) groups excluding carboxylic acids is 1. The molecule has 3 rings (SSSR count). The molecular weight excluding hydrogens is 392 g/mol. The molecule has 0 unspecified atom stereocenters. The summed E-state index contributed by atoms with van der Waals surface area (Å²) in [5, 5.41) is 7.02. The minimum atomic E-state index is -3.73. The van der Waals surface area contributed by atoms with Gasteiger partial charge in [-0.1, -0.05) is 24.4 Å². The molecular formula is C20H32N4O4S. The molecule has 2 fully saturated rings. The maximum atomic E-state index is 13.2. The molecule has 9 heteroatoms. The summed E-state index contributed by atoms with van der Waals surface area (Å²) in [5.41, 5.74) is 0.348. The van der Waals surface area contributed by atoms with E-state index in [0.717, 1.165) is 12.8 Å². The summed E-state index contributed by atoms with van der Waals surface area (Å²) in [6.07, 6.45) is 10.1. The van der Waals surface area contributed by atoms with E-state index in [1.54, 1.807) is 24.1 Å². The van der Waals surface area contributed by atoms with E-state index in [1.807, 2.05) is 14.1 Å². The van der Waals surface area contributed by atoms with E-state index in [-0.39, 0.29) is 28.5 Å². The van der Waals surface area contributed by atoms with Gasteiger partial charge in [0.05, 0.1) is 0 Å². The number of rotatable bonds is 6. The quantitative estimate of drug-likeness (QED) is 0.753.